The van der Waals surface area contributed by atoms with Crippen LogP contribution >= 0.6 is 0 Å². The Bertz CT molecular complexity index is 1020. The van der Waals surface area contributed by atoms with Crippen LogP contribution in [0.15, 0.2) is 54.6 Å². The molecule has 0 amide bonds. The van der Waals surface area contributed by atoms with Gasteiger partial charge in [-0.2, -0.15) is 0 Å². The summed E-state index contributed by atoms with van der Waals surface area (Å²) >= 11 is 0. The third-order valence-electron chi connectivity index (χ3n) is 5.93. The molecule has 2 N–H and O–H groups in total. The summed E-state index contributed by atoms with van der Waals surface area (Å²) in [6, 6.07) is 19.1. The van der Waals surface area contributed by atoms with Crippen LogP contribution in [0.25, 0.3) is 11.1 Å². The zero-order valence-electron chi connectivity index (χ0n) is 19.3. The lowest BCUT2D eigenvalue weighted by molar-refractivity contribution is 0.305. The van der Waals surface area contributed by atoms with Crippen molar-refractivity contribution in [3.8, 4) is 16.9 Å². The van der Waals surface area contributed by atoms with E-state index in [2.05, 4.69) is 65.0 Å². The largest absolute Gasteiger partial charge is 0.496 e. The van der Waals surface area contributed by atoms with E-state index in [1.807, 2.05) is 19.2 Å². The van der Waals surface area contributed by atoms with E-state index in [9.17, 15) is 0 Å². The number of ether oxygens (including phenoxy) is 1. The molecular formula is C26H33N5O. The van der Waals surface area contributed by atoms with E-state index < -0.39 is 0 Å². The summed E-state index contributed by atoms with van der Waals surface area (Å²) in [4.78, 5) is 11.9. The SMILES string of the molecule is CNc1cc(CN(C)Cc2cc(-c3ccccc3)ccc2OC)nc(C2CCCCN2)n1. The fourth-order valence-corrected chi connectivity index (χ4v) is 4.29. The van der Waals surface area contributed by atoms with Gasteiger partial charge in [0.05, 0.1) is 18.8 Å². The van der Waals surface area contributed by atoms with Gasteiger partial charge in [-0.15, -0.1) is 0 Å². The minimum absolute atomic E-state index is 0.240. The predicted octanol–water partition coefficient (Wildman–Crippen LogP) is 4.64. The van der Waals surface area contributed by atoms with Gasteiger partial charge < -0.3 is 15.4 Å². The molecule has 2 aromatic carbocycles. The van der Waals surface area contributed by atoms with Gasteiger partial charge in [0.25, 0.3) is 0 Å². The molecule has 0 radical (unpaired) electrons. The Balaban J connectivity index is 1.52. The van der Waals surface area contributed by atoms with Crippen LogP contribution in [-0.4, -0.2) is 42.6 Å². The first-order valence-corrected chi connectivity index (χ1v) is 11.4. The zero-order chi connectivity index (χ0) is 22.3. The summed E-state index contributed by atoms with van der Waals surface area (Å²) < 4.78 is 5.65. The second-order valence-electron chi connectivity index (χ2n) is 8.42. The number of hydrogen-bond donors (Lipinski definition) is 2. The summed E-state index contributed by atoms with van der Waals surface area (Å²) in [5, 5.41) is 6.76. The maximum Gasteiger partial charge on any atom is 0.147 e. The van der Waals surface area contributed by atoms with Gasteiger partial charge in [-0.05, 0) is 49.7 Å². The van der Waals surface area contributed by atoms with E-state index in [0.717, 1.165) is 54.7 Å². The number of piperidine rings is 1. The Kier molecular flexibility index (Phi) is 7.35. The molecule has 1 atom stereocenters. The van der Waals surface area contributed by atoms with Gasteiger partial charge in [0.1, 0.15) is 17.4 Å². The second-order valence-corrected chi connectivity index (χ2v) is 8.42. The van der Waals surface area contributed by atoms with Gasteiger partial charge in [-0.3, -0.25) is 4.90 Å². The lowest BCUT2D eigenvalue weighted by Gasteiger charge is -2.24. The molecule has 4 rings (SSSR count). The number of methoxy groups -OCH3 is 1. The normalized spacial score (nSPS) is 16.2. The van der Waals surface area contributed by atoms with Crippen LogP contribution in [0, 0.1) is 0 Å². The Morgan fingerprint density at radius 2 is 1.88 bits per heavy atom. The highest BCUT2D eigenvalue weighted by molar-refractivity contribution is 5.65. The monoisotopic (exact) mass is 431 g/mol. The van der Waals surface area contributed by atoms with Gasteiger partial charge >= 0.3 is 0 Å². The topological polar surface area (TPSA) is 62.3 Å². The van der Waals surface area contributed by atoms with E-state index in [1.54, 1.807) is 7.11 Å². The Labute approximate surface area is 191 Å². The molecule has 2 heterocycles. The molecule has 0 saturated carbocycles. The zero-order valence-corrected chi connectivity index (χ0v) is 19.3. The lowest BCUT2D eigenvalue weighted by Crippen LogP contribution is -2.29. The quantitative estimate of drug-likeness (QED) is 0.542. The van der Waals surface area contributed by atoms with E-state index >= 15 is 0 Å². The average molecular weight is 432 g/mol. The van der Waals surface area contributed by atoms with Gasteiger partial charge in [-0.25, -0.2) is 9.97 Å². The van der Waals surface area contributed by atoms with Crippen molar-refractivity contribution < 1.29 is 4.74 Å². The second kappa shape index (κ2) is 10.6. The maximum absolute atomic E-state index is 5.65. The minimum atomic E-state index is 0.240. The average Bonchev–Trinajstić information content (AvgIpc) is 2.84. The molecule has 32 heavy (non-hydrogen) atoms. The highest BCUT2D eigenvalue weighted by atomic mass is 16.5. The molecule has 168 valence electrons. The fourth-order valence-electron chi connectivity index (χ4n) is 4.29. The first kappa shape index (κ1) is 22.2. The first-order valence-electron chi connectivity index (χ1n) is 11.4. The molecule has 0 bridgehead atoms. The van der Waals surface area contributed by atoms with Crippen molar-refractivity contribution in [2.24, 2.45) is 0 Å². The summed E-state index contributed by atoms with van der Waals surface area (Å²) in [5.74, 6) is 2.67. The molecule has 1 saturated heterocycles. The van der Waals surface area contributed by atoms with Crippen molar-refractivity contribution in [1.29, 1.82) is 0 Å². The Morgan fingerprint density at radius 1 is 1.03 bits per heavy atom. The summed E-state index contributed by atoms with van der Waals surface area (Å²) in [6.45, 7) is 2.53. The number of rotatable bonds is 8. The third kappa shape index (κ3) is 5.44. The molecule has 0 aliphatic carbocycles. The standard InChI is InChI=1S/C26H33N5O/c1-27-25-16-22(29-26(30-25)23-11-7-8-14-28-23)18-31(2)17-21-15-20(12-13-24(21)32-3)19-9-5-4-6-10-19/h4-6,9-10,12-13,15-16,23,28H,7-8,11,14,17-18H2,1-3H3,(H,27,29,30). The summed E-state index contributed by atoms with van der Waals surface area (Å²) in [6.07, 6.45) is 3.53. The molecular weight excluding hydrogens is 398 g/mol. The Morgan fingerprint density at radius 3 is 2.59 bits per heavy atom. The number of hydrogen-bond acceptors (Lipinski definition) is 6. The number of nitrogens with zero attached hydrogens (tertiary/aromatic N) is 3. The van der Waals surface area contributed by atoms with Crippen molar-refractivity contribution in [2.75, 3.05) is 33.1 Å². The van der Waals surface area contributed by atoms with Crippen LogP contribution in [-0.2, 0) is 13.1 Å². The maximum atomic E-state index is 5.65. The molecule has 6 nitrogen and oxygen atoms in total. The molecule has 0 spiro atoms. The summed E-state index contributed by atoms with van der Waals surface area (Å²) in [7, 11) is 5.76. The van der Waals surface area contributed by atoms with Crippen LogP contribution in [0.3, 0.4) is 0 Å². The van der Waals surface area contributed by atoms with Crippen molar-refractivity contribution in [3.63, 3.8) is 0 Å². The van der Waals surface area contributed by atoms with E-state index in [4.69, 9.17) is 14.7 Å². The van der Waals surface area contributed by atoms with Crippen LogP contribution < -0.4 is 15.4 Å². The highest BCUT2D eigenvalue weighted by Crippen LogP contribution is 2.28. The van der Waals surface area contributed by atoms with E-state index in [1.165, 1.54) is 24.0 Å². The van der Waals surface area contributed by atoms with Crippen molar-refractivity contribution >= 4 is 5.82 Å². The molecule has 1 aromatic heterocycles. The highest BCUT2D eigenvalue weighted by Gasteiger charge is 2.19. The third-order valence-corrected chi connectivity index (χ3v) is 5.93. The molecule has 1 unspecified atom stereocenters. The smallest absolute Gasteiger partial charge is 0.147 e. The van der Waals surface area contributed by atoms with E-state index in [-0.39, 0.29) is 6.04 Å². The first-order chi connectivity index (χ1) is 15.7. The van der Waals surface area contributed by atoms with Gasteiger partial charge in [-0.1, -0.05) is 42.8 Å². The number of benzene rings is 2. The van der Waals surface area contributed by atoms with Gasteiger partial charge in [0.15, 0.2) is 0 Å². The molecule has 1 fully saturated rings. The van der Waals surface area contributed by atoms with Crippen LogP contribution in [0.2, 0.25) is 0 Å². The molecule has 1 aliphatic heterocycles. The minimum Gasteiger partial charge on any atom is -0.496 e. The number of nitrogens with one attached hydrogen (secondary N) is 2. The number of anilines is 1. The lowest BCUT2D eigenvalue weighted by atomic mass is 10.0. The van der Waals surface area contributed by atoms with E-state index in [0.29, 0.717) is 0 Å². The summed E-state index contributed by atoms with van der Waals surface area (Å²) in [5.41, 5.74) is 4.58. The molecule has 6 heteroatoms. The van der Waals surface area contributed by atoms with Crippen molar-refractivity contribution in [2.45, 2.75) is 38.4 Å². The molecule has 1 aliphatic rings. The molecule has 3 aromatic rings. The van der Waals surface area contributed by atoms with Gasteiger partial charge in [0.2, 0.25) is 0 Å². The van der Waals surface area contributed by atoms with Crippen molar-refractivity contribution in [1.82, 2.24) is 20.2 Å². The van der Waals surface area contributed by atoms with Crippen molar-refractivity contribution in [3.05, 3.63) is 71.7 Å². The predicted molar refractivity (Wildman–Crippen MR) is 130 cm³/mol. The Hall–Kier alpha value is -2.96. The van der Waals surface area contributed by atoms with Crippen LogP contribution in [0.4, 0.5) is 5.82 Å². The number of aromatic nitrogens is 2. The van der Waals surface area contributed by atoms with Crippen LogP contribution in [0.1, 0.15) is 42.4 Å². The fraction of sp³-hybridized carbons (Fsp3) is 0.385. The van der Waals surface area contributed by atoms with Gasteiger partial charge in [0, 0.05) is 31.8 Å². The van der Waals surface area contributed by atoms with Crippen LogP contribution in [0.5, 0.6) is 5.75 Å².